The molecule has 2 radical (unpaired) electrons. The molecule has 4 bridgehead atoms. The van der Waals surface area contributed by atoms with Gasteiger partial charge in [-0.25, -0.2) is 0 Å². The van der Waals surface area contributed by atoms with Gasteiger partial charge in [0.1, 0.15) is 0 Å². The Labute approximate surface area is 259 Å². The Kier molecular flexibility index (Phi) is 4.68. The molecule has 43 heavy (non-hydrogen) atoms. The van der Waals surface area contributed by atoms with Crippen molar-refractivity contribution in [2.24, 2.45) is 0 Å². The number of hydrogen-bond donors (Lipinski definition) is 0. The Balaban J connectivity index is 1.40. The number of benzene rings is 6. The third kappa shape index (κ3) is 2.72. The van der Waals surface area contributed by atoms with Gasteiger partial charge in [0.25, 0.3) is 0 Å². The molecule has 6 aromatic carbocycles. The molecule has 0 N–H and O–H groups in total. The van der Waals surface area contributed by atoms with Crippen LogP contribution >= 0.6 is 0 Å². The van der Waals surface area contributed by atoms with Gasteiger partial charge >= 0.3 is 261 Å². The Morgan fingerprint density at radius 3 is 1.02 bits per heavy atom. The van der Waals surface area contributed by atoms with Crippen molar-refractivity contribution >= 4 is 15.4 Å². The zero-order valence-corrected chi connectivity index (χ0v) is 26.5. The van der Waals surface area contributed by atoms with E-state index in [1.807, 2.05) is 0 Å². The van der Waals surface area contributed by atoms with E-state index in [9.17, 15) is 0 Å². The molecule has 0 amide bonds. The molecule has 12 rings (SSSR count). The van der Waals surface area contributed by atoms with Gasteiger partial charge in [-0.1, -0.05) is 0 Å². The predicted molar refractivity (Wildman–Crippen MR) is 176 cm³/mol. The van der Waals surface area contributed by atoms with Gasteiger partial charge in [0.15, 0.2) is 0 Å². The predicted octanol–water partition coefficient (Wildman–Crippen LogP) is 8.91. The molecular formula is C42H30Ge. The van der Waals surface area contributed by atoms with Crippen LogP contribution in [-0.4, -0.2) is 15.4 Å². The molecule has 6 aliphatic rings. The summed E-state index contributed by atoms with van der Waals surface area (Å²) in [7, 11) is 0. The summed E-state index contributed by atoms with van der Waals surface area (Å²) in [5.41, 5.74) is 21.3. The van der Waals surface area contributed by atoms with Gasteiger partial charge < -0.3 is 0 Å². The van der Waals surface area contributed by atoms with Crippen LogP contribution in [0.5, 0.6) is 0 Å². The Bertz CT molecular complexity index is 1920. The van der Waals surface area contributed by atoms with Crippen molar-refractivity contribution < 1.29 is 0 Å². The first-order valence-corrected chi connectivity index (χ1v) is 17.6. The molecule has 0 nitrogen and oxygen atoms in total. The van der Waals surface area contributed by atoms with Gasteiger partial charge in [0.05, 0.1) is 0 Å². The van der Waals surface area contributed by atoms with E-state index in [1.54, 1.807) is 44.5 Å². The minimum absolute atomic E-state index is 0.172. The molecule has 6 aliphatic carbocycles. The van der Waals surface area contributed by atoms with E-state index in [2.05, 4.69) is 147 Å². The standard InChI is InChI=1S/C42H30Ge/c1-25-13-11-23-35-37(25)39-27-15-3-7-19-31(27)41(35,32-20-8-4-16-28(32)39)43-42-33-21-9-5-17-29(33)40(30-18-6-10-22-34(30)42)38-26(2)14-12-24-36(38)42/h3-24,39-40H,1-2H3. The summed E-state index contributed by atoms with van der Waals surface area (Å²) in [4.78, 5) is 0. The van der Waals surface area contributed by atoms with Crippen molar-refractivity contribution in [1.82, 2.24) is 0 Å². The molecule has 1 heteroatoms. The van der Waals surface area contributed by atoms with Gasteiger partial charge in [-0.2, -0.15) is 0 Å². The first-order valence-electron chi connectivity index (χ1n) is 15.5. The van der Waals surface area contributed by atoms with E-state index in [1.165, 1.54) is 33.4 Å². The average Bonchev–Trinajstić information content (AvgIpc) is 3.06. The van der Waals surface area contributed by atoms with Gasteiger partial charge in [-0.05, 0) is 0 Å². The zero-order chi connectivity index (χ0) is 28.5. The van der Waals surface area contributed by atoms with Gasteiger partial charge in [-0.3, -0.25) is 0 Å². The minimum atomic E-state index is -0.897. The second-order valence-electron chi connectivity index (χ2n) is 12.9. The Morgan fingerprint density at radius 2 is 0.674 bits per heavy atom. The molecule has 0 fully saturated rings. The molecule has 0 heterocycles. The van der Waals surface area contributed by atoms with Crippen LogP contribution < -0.4 is 0 Å². The van der Waals surface area contributed by atoms with Crippen LogP contribution in [-0.2, 0) is 8.49 Å². The first kappa shape index (κ1) is 24.3. The fraction of sp³-hybridized carbons (Fsp3) is 0.143. The average molecular weight is 607 g/mol. The number of aryl methyl sites for hydroxylation is 2. The van der Waals surface area contributed by atoms with Crippen LogP contribution in [0.4, 0.5) is 0 Å². The zero-order valence-electron chi connectivity index (χ0n) is 24.4. The van der Waals surface area contributed by atoms with Crippen LogP contribution in [0.15, 0.2) is 133 Å². The number of hydrogen-bond acceptors (Lipinski definition) is 0. The van der Waals surface area contributed by atoms with E-state index in [-0.39, 0.29) is 8.49 Å². The quantitative estimate of drug-likeness (QED) is 0.173. The topological polar surface area (TPSA) is 0 Å². The Morgan fingerprint density at radius 1 is 0.372 bits per heavy atom. The summed E-state index contributed by atoms with van der Waals surface area (Å²) in [5.74, 6) is 0.594. The van der Waals surface area contributed by atoms with Crippen LogP contribution in [0, 0.1) is 13.8 Å². The van der Waals surface area contributed by atoms with Crippen molar-refractivity contribution in [3.63, 3.8) is 0 Å². The second kappa shape index (κ2) is 8.27. The normalized spacial score (nSPS) is 24.3. The van der Waals surface area contributed by atoms with Gasteiger partial charge in [0.2, 0.25) is 0 Å². The molecule has 0 atom stereocenters. The summed E-state index contributed by atoms with van der Waals surface area (Å²) in [6.45, 7) is 4.68. The first-order chi connectivity index (χ1) is 21.2. The van der Waals surface area contributed by atoms with Crippen molar-refractivity contribution in [2.75, 3.05) is 0 Å². The van der Waals surface area contributed by atoms with Gasteiger partial charge in [0, 0.05) is 0 Å². The van der Waals surface area contributed by atoms with E-state index in [0.29, 0.717) is 11.8 Å². The Hall–Kier alpha value is -4.14. The molecule has 0 spiro atoms. The van der Waals surface area contributed by atoms with Crippen LogP contribution in [0.3, 0.4) is 0 Å². The van der Waals surface area contributed by atoms with Crippen molar-refractivity contribution in [2.45, 2.75) is 34.2 Å². The molecule has 6 aromatic rings. The van der Waals surface area contributed by atoms with E-state index in [4.69, 9.17) is 0 Å². The van der Waals surface area contributed by atoms with Gasteiger partial charge in [-0.15, -0.1) is 0 Å². The maximum absolute atomic E-state index is 2.49. The molecule has 0 saturated carbocycles. The SMILES string of the molecule is Cc1cccc2c1C1c3ccccc3[C]2([Ge][C]23c4ccccc4C(c4ccccc42)c2c(C)cccc23)c2ccccc21. The molecule has 0 unspecified atom stereocenters. The summed E-state index contributed by atoms with van der Waals surface area (Å²) in [5, 5.41) is 0. The van der Waals surface area contributed by atoms with E-state index in [0.717, 1.165) is 0 Å². The summed E-state index contributed by atoms with van der Waals surface area (Å²) >= 11 is -0.897. The number of rotatable bonds is 2. The fourth-order valence-corrected chi connectivity index (χ4v) is 15.4. The van der Waals surface area contributed by atoms with Crippen LogP contribution in [0.2, 0.25) is 0 Å². The maximum atomic E-state index is 2.49. The summed E-state index contributed by atoms with van der Waals surface area (Å²) in [6, 6.07) is 52.2. The van der Waals surface area contributed by atoms with E-state index < -0.39 is 15.4 Å². The van der Waals surface area contributed by atoms with Crippen molar-refractivity contribution in [3.05, 3.63) is 211 Å². The molecular weight excluding hydrogens is 577 g/mol. The van der Waals surface area contributed by atoms with Crippen LogP contribution in [0.1, 0.15) is 89.7 Å². The van der Waals surface area contributed by atoms with E-state index >= 15 is 0 Å². The third-order valence-corrected chi connectivity index (χ3v) is 16.1. The molecule has 202 valence electrons. The molecule has 0 aliphatic heterocycles. The monoisotopic (exact) mass is 608 g/mol. The fourth-order valence-electron chi connectivity index (χ4n) is 9.66. The second-order valence-corrected chi connectivity index (χ2v) is 16.6. The summed E-state index contributed by atoms with van der Waals surface area (Å²) < 4.78 is -0.344. The molecule has 0 aromatic heterocycles. The summed E-state index contributed by atoms with van der Waals surface area (Å²) in [6.07, 6.45) is 0. The van der Waals surface area contributed by atoms with Crippen molar-refractivity contribution in [3.8, 4) is 0 Å². The third-order valence-electron chi connectivity index (χ3n) is 11.1. The molecule has 0 saturated heterocycles. The van der Waals surface area contributed by atoms with Crippen LogP contribution in [0.25, 0.3) is 0 Å². The van der Waals surface area contributed by atoms with Crippen molar-refractivity contribution in [1.29, 1.82) is 0 Å².